The molecule has 0 unspecified atom stereocenters. The predicted molar refractivity (Wildman–Crippen MR) is 41.6 cm³/mol. The first-order valence-electron chi connectivity index (χ1n) is 4.16. The molecule has 0 aromatic rings. The highest BCUT2D eigenvalue weighted by Crippen LogP contribution is 2.20. The van der Waals surface area contributed by atoms with Crippen LogP contribution in [0.5, 0.6) is 0 Å². The van der Waals surface area contributed by atoms with Gasteiger partial charge in [0.1, 0.15) is 6.10 Å². The van der Waals surface area contributed by atoms with E-state index in [0.29, 0.717) is 19.7 Å². The van der Waals surface area contributed by atoms with Crippen LogP contribution in [-0.2, 0) is 14.3 Å². The number of rotatable bonds is 5. The number of carbonyl (C=O) groups excluding carboxylic acids is 1. The van der Waals surface area contributed by atoms with Crippen LogP contribution in [0, 0.1) is 5.92 Å². The predicted octanol–water partition coefficient (Wildman–Crippen LogP) is -0.0531. The maximum absolute atomic E-state index is 10.1. The van der Waals surface area contributed by atoms with Gasteiger partial charge in [-0.15, -0.1) is 0 Å². The summed E-state index contributed by atoms with van der Waals surface area (Å²) in [6.45, 7) is 1.78. The Morgan fingerprint density at radius 3 is 3.08 bits per heavy atom. The van der Waals surface area contributed by atoms with E-state index in [1.807, 2.05) is 0 Å². The summed E-state index contributed by atoms with van der Waals surface area (Å²) in [5.74, 6) is 0.266. The first kappa shape index (κ1) is 9.48. The molecule has 0 radical (unpaired) electrons. The lowest BCUT2D eigenvalue weighted by molar-refractivity contribution is -0.135. The molecule has 0 amide bonds. The molecule has 0 spiro atoms. The lowest BCUT2D eigenvalue weighted by Gasteiger charge is -2.14. The summed E-state index contributed by atoms with van der Waals surface area (Å²) in [4.78, 5) is 10.1. The molecule has 12 heavy (non-hydrogen) atoms. The van der Waals surface area contributed by atoms with Crippen molar-refractivity contribution in [2.45, 2.75) is 18.9 Å². The minimum Gasteiger partial charge on any atom is -0.462 e. The monoisotopic (exact) mass is 174 g/mol. The smallest absolute Gasteiger partial charge is 0.293 e. The third-order valence-corrected chi connectivity index (χ3v) is 2.10. The Morgan fingerprint density at radius 1 is 1.58 bits per heavy atom. The largest absolute Gasteiger partial charge is 0.462 e. The zero-order chi connectivity index (χ0) is 8.81. The van der Waals surface area contributed by atoms with Crippen molar-refractivity contribution in [2.75, 3.05) is 19.8 Å². The maximum atomic E-state index is 10.1. The zero-order valence-corrected chi connectivity index (χ0v) is 6.94. The first-order valence-corrected chi connectivity index (χ1v) is 4.16. The Morgan fingerprint density at radius 2 is 2.42 bits per heavy atom. The molecule has 0 bridgehead atoms. The van der Waals surface area contributed by atoms with Gasteiger partial charge in [0, 0.05) is 12.5 Å². The van der Waals surface area contributed by atoms with E-state index in [4.69, 9.17) is 14.6 Å². The Bertz CT molecular complexity index is 137. The van der Waals surface area contributed by atoms with Crippen LogP contribution in [0.25, 0.3) is 0 Å². The van der Waals surface area contributed by atoms with E-state index >= 15 is 0 Å². The number of ether oxygens (including phenoxy) is 2. The van der Waals surface area contributed by atoms with Gasteiger partial charge in [-0.1, -0.05) is 0 Å². The van der Waals surface area contributed by atoms with Gasteiger partial charge in [-0.2, -0.15) is 0 Å². The fourth-order valence-corrected chi connectivity index (χ4v) is 1.42. The van der Waals surface area contributed by atoms with E-state index in [1.54, 1.807) is 0 Å². The lowest BCUT2D eigenvalue weighted by atomic mass is 10.0. The first-order chi connectivity index (χ1) is 5.88. The second-order valence-corrected chi connectivity index (χ2v) is 2.93. The number of aliphatic hydroxyl groups excluding tert-OH is 1. The molecule has 2 atom stereocenters. The van der Waals surface area contributed by atoms with E-state index in [1.165, 1.54) is 0 Å². The van der Waals surface area contributed by atoms with Gasteiger partial charge in [0.05, 0.1) is 13.2 Å². The van der Waals surface area contributed by atoms with E-state index in [-0.39, 0.29) is 18.6 Å². The molecular formula is C8H14O4. The van der Waals surface area contributed by atoms with Gasteiger partial charge >= 0.3 is 0 Å². The van der Waals surface area contributed by atoms with Crippen molar-refractivity contribution in [3.8, 4) is 0 Å². The number of hydrogen-bond acceptors (Lipinski definition) is 4. The Balaban J connectivity index is 2.25. The minimum atomic E-state index is -0.103. The second-order valence-electron chi connectivity index (χ2n) is 2.93. The summed E-state index contributed by atoms with van der Waals surface area (Å²) >= 11 is 0. The van der Waals surface area contributed by atoms with Crippen molar-refractivity contribution in [2.24, 2.45) is 5.92 Å². The quantitative estimate of drug-likeness (QED) is 0.593. The molecule has 0 aliphatic carbocycles. The van der Waals surface area contributed by atoms with Gasteiger partial charge in [-0.05, 0) is 12.8 Å². The molecule has 0 saturated carbocycles. The van der Waals surface area contributed by atoms with Gasteiger partial charge in [0.15, 0.2) is 0 Å². The van der Waals surface area contributed by atoms with Crippen molar-refractivity contribution < 1.29 is 19.4 Å². The van der Waals surface area contributed by atoms with Crippen molar-refractivity contribution in [3.05, 3.63) is 0 Å². The summed E-state index contributed by atoms with van der Waals surface area (Å²) in [7, 11) is 0. The summed E-state index contributed by atoms with van der Waals surface area (Å²) in [6, 6.07) is 0. The van der Waals surface area contributed by atoms with Crippen LogP contribution in [0.1, 0.15) is 12.8 Å². The Hall–Kier alpha value is -0.610. The van der Waals surface area contributed by atoms with Crippen LogP contribution in [0.2, 0.25) is 0 Å². The molecule has 1 aliphatic rings. The Kier molecular flexibility index (Phi) is 4.04. The fourth-order valence-electron chi connectivity index (χ4n) is 1.42. The summed E-state index contributed by atoms with van der Waals surface area (Å²) in [5.41, 5.74) is 0. The van der Waals surface area contributed by atoms with Crippen LogP contribution >= 0.6 is 0 Å². The third kappa shape index (κ3) is 2.46. The number of aliphatic hydroxyl groups is 1. The van der Waals surface area contributed by atoms with Crippen molar-refractivity contribution in [1.29, 1.82) is 0 Å². The van der Waals surface area contributed by atoms with Crippen LogP contribution in [0.15, 0.2) is 0 Å². The highest BCUT2D eigenvalue weighted by molar-refractivity contribution is 5.37. The van der Waals surface area contributed by atoms with Crippen LogP contribution in [0.3, 0.4) is 0 Å². The fraction of sp³-hybridized carbons (Fsp3) is 0.875. The third-order valence-electron chi connectivity index (χ3n) is 2.10. The normalized spacial score (nSPS) is 28.8. The average Bonchev–Trinajstić information content (AvgIpc) is 2.50. The molecule has 1 fully saturated rings. The van der Waals surface area contributed by atoms with Gasteiger partial charge in [0.2, 0.25) is 0 Å². The molecule has 70 valence electrons. The van der Waals surface area contributed by atoms with Crippen LogP contribution < -0.4 is 0 Å². The number of carbonyl (C=O) groups is 1. The highest BCUT2D eigenvalue weighted by atomic mass is 16.6. The molecule has 1 rings (SSSR count). The van der Waals surface area contributed by atoms with E-state index in [2.05, 4.69) is 0 Å². The molecule has 1 aliphatic heterocycles. The summed E-state index contributed by atoms with van der Waals surface area (Å²) < 4.78 is 9.98. The highest BCUT2D eigenvalue weighted by Gasteiger charge is 2.28. The molecule has 0 aromatic carbocycles. The topological polar surface area (TPSA) is 55.8 Å². The molecule has 4 nitrogen and oxygen atoms in total. The van der Waals surface area contributed by atoms with Crippen LogP contribution in [-0.4, -0.2) is 37.5 Å². The van der Waals surface area contributed by atoms with Crippen molar-refractivity contribution in [1.82, 2.24) is 0 Å². The van der Waals surface area contributed by atoms with Crippen molar-refractivity contribution >= 4 is 6.47 Å². The summed E-state index contributed by atoms with van der Waals surface area (Å²) in [6.07, 6.45) is 1.50. The molecule has 1 N–H and O–H groups in total. The second kappa shape index (κ2) is 5.11. The van der Waals surface area contributed by atoms with Gasteiger partial charge < -0.3 is 14.6 Å². The van der Waals surface area contributed by atoms with E-state index < -0.39 is 0 Å². The number of hydrogen-bond donors (Lipinski definition) is 1. The lowest BCUT2D eigenvalue weighted by Crippen LogP contribution is -2.21. The maximum Gasteiger partial charge on any atom is 0.293 e. The van der Waals surface area contributed by atoms with Crippen LogP contribution in [0.4, 0.5) is 0 Å². The molecule has 1 saturated heterocycles. The molecule has 0 aromatic heterocycles. The van der Waals surface area contributed by atoms with E-state index in [9.17, 15) is 4.79 Å². The zero-order valence-electron chi connectivity index (χ0n) is 6.94. The van der Waals surface area contributed by atoms with Gasteiger partial charge in [-0.25, -0.2) is 0 Å². The Labute approximate surface area is 71.5 Å². The van der Waals surface area contributed by atoms with Crippen molar-refractivity contribution in [3.63, 3.8) is 0 Å². The van der Waals surface area contributed by atoms with Gasteiger partial charge in [-0.3, -0.25) is 4.79 Å². The standard InChI is InChI=1S/C8H14O4/c9-3-1-2-7-4-11-5-8(7)12-6-10/h6-9H,1-5H2/t7-,8+/m1/s1. The van der Waals surface area contributed by atoms with Gasteiger partial charge in [0.25, 0.3) is 6.47 Å². The SMILES string of the molecule is O=CO[C@H]1COC[C@H]1CCCO. The van der Waals surface area contributed by atoms with E-state index in [0.717, 1.165) is 12.8 Å². The molecule has 1 heterocycles. The molecular weight excluding hydrogens is 160 g/mol. The average molecular weight is 174 g/mol. The molecule has 4 heteroatoms. The summed E-state index contributed by atoms with van der Waals surface area (Å²) in [5, 5.41) is 8.59. The minimum absolute atomic E-state index is 0.103.